The van der Waals surface area contributed by atoms with Crippen LogP contribution in [0.25, 0.3) is 22.8 Å². The molecule has 0 saturated heterocycles. The molecule has 2 N–H and O–H groups in total. The van der Waals surface area contributed by atoms with Crippen molar-refractivity contribution in [1.29, 1.82) is 0 Å². The molecule has 0 unspecified atom stereocenters. The largest absolute Gasteiger partial charge is 0.478 e. The molecule has 1 aromatic carbocycles. The number of H-pyrrole nitrogens is 1. The summed E-state index contributed by atoms with van der Waals surface area (Å²) in [6.07, 6.45) is 3.39. The van der Waals surface area contributed by atoms with Crippen LogP contribution in [0.4, 0.5) is 0 Å². The highest BCUT2D eigenvalue weighted by atomic mass is 16.4. The molecule has 5 heteroatoms. The zero-order valence-corrected chi connectivity index (χ0v) is 10.4. The molecule has 0 saturated carbocycles. The van der Waals surface area contributed by atoms with Crippen molar-refractivity contribution in [3.63, 3.8) is 0 Å². The van der Waals surface area contributed by atoms with Gasteiger partial charge in [0.2, 0.25) is 0 Å². The Kier molecular flexibility index (Phi) is 3.01. The number of aromatic carboxylic acids is 1. The number of aromatic nitrogens is 3. The number of hydrogen-bond donors (Lipinski definition) is 2. The summed E-state index contributed by atoms with van der Waals surface area (Å²) in [5, 5.41) is 9.00. The minimum Gasteiger partial charge on any atom is -0.478 e. The summed E-state index contributed by atoms with van der Waals surface area (Å²) in [5.74, 6) is -0.336. The molecule has 2 heterocycles. The molecule has 0 aliphatic heterocycles. The number of carboxylic acid groups (broad SMARTS) is 1. The van der Waals surface area contributed by atoms with Crippen LogP contribution >= 0.6 is 0 Å². The Morgan fingerprint density at radius 1 is 1.10 bits per heavy atom. The lowest BCUT2D eigenvalue weighted by Crippen LogP contribution is -1.96. The molecular formula is C15H11N3O2. The van der Waals surface area contributed by atoms with E-state index in [1.54, 1.807) is 30.6 Å². The van der Waals surface area contributed by atoms with Crippen molar-refractivity contribution < 1.29 is 9.90 Å². The molecule has 0 spiro atoms. The Bertz CT molecular complexity index is 751. The van der Waals surface area contributed by atoms with Gasteiger partial charge in [0.1, 0.15) is 5.82 Å². The van der Waals surface area contributed by atoms with Crippen LogP contribution in [-0.4, -0.2) is 26.0 Å². The molecule has 0 atom stereocenters. The van der Waals surface area contributed by atoms with Gasteiger partial charge < -0.3 is 10.1 Å². The molecule has 0 fully saturated rings. The first-order valence-corrected chi connectivity index (χ1v) is 6.04. The summed E-state index contributed by atoms with van der Waals surface area (Å²) < 4.78 is 0. The fourth-order valence-electron chi connectivity index (χ4n) is 1.92. The van der Waals surface area contributed by atoms with Gasteiger partial charge in [-0.05, 0) is 24.3 Å². The van der Waals surface area contributed by atoms with E-state index >= 15 is 0 Å². The van der Waals surface area contributed by atoms with Crippen LogP contribution in [0, 0.1) is 0 Å². The standard InChI is InChI=1S/C15H11N3O2/c19-15(20)11-5-3-4-10(8-11)14-17-9-13(18-14)12-6-1-2-7-16-12/h1-9H,(H,17,18)(H,19,20). The van der Waals surface area contributed by atoms with Crippen molar-refractivity contribution in [2.24, 2.45) is 0 Å². The molecule has 0 amide bonds. The van der Waals surface area contributed by atoms with Gasteiger partial charge in [-0.1, -0.05) is 18.2 Å². The molecule has 2 aromatic heterocycles. The van der Waals surface area contributed by atoms with Crippen LogP contribution in [0.1, 0.15) is 10.4 Å². The maximum absolute atomic E-state index is 11.0. The maximum Gasteiger partial charge on any atom is 0.335 e. The third-order valence-corrected chi connectivity index (χ3v) is 2.90. The Balaban J connectivity index is 1.98. The average Bonchev–Trinajstić information content (AvgIpc) is 2.98. The van der Waals surface area contributed by atoms with E-state index in [1.807, 2.05) is 24.3 Å². The molecule has 5 nitrogen and oxygen atoms in total. The van der Waals surface area contributed by atoms with E-state index in [-0.39, 0.29) is 5.56 Å². The molecule has 0 aliphatic carbocycles. The van der Waals surface area contributed by atoms with E-state index in [0.717, 1.165) is 17.0 Å². The van der Waals surface area contributed by atoms with Crippen LogP contribution in [-0.2, 0) is 0 Å². The number of carboxylic acids is 1. The van der Waals surface area contributed by atoms with Gasteiger partial charge in [0.05, 0.1) is 23.1 Å². The minimum absolute atomic E-state index is 0.235. The van der Waals surface area contributed by atoms with E-state index < -0.39 is 5.97 Å². The lowest BCUT2D eigenvalue weighted by molar-refractivity contribution is 0.0697. The van der Waals surface area contributed by atoms with Crippen molar-refractivity contribution in [2.45, 2.75) is 0 Å². The number of hydrogen-bond acceptors (Lipinski definition) is 3. The molecule has 3 rings (SSSR count). The monoisotopic (exact) mass is 265 g/mol. The average molecular weight is 265 g/mol. The van der Waals surface area contributed by atoms with Gasteiger partial charge in [-0.2, -0.15) is 0 Å². The van der Waals surface area contributed by atoms with Crippen molar-refractivity contribution in [3.8, 4) is 22.8 Å². The van der Waals surface area contributed by atoms with Crippen LogP contribution in [0.3, 0.4) is 0 Å². The third kappa shape index (κ3) is 2.29. The Morgan fingerprint density at radius 2 is 2.00 bits per heavy atom. The smallest absolute Gasteiger partial charge is 0.335 e. The van der Waals surface area contributed by atoms with Crippen LogP contribution in [0.15, 0.2) is 54.9 Å². The Morgan fingerprint density at radius 3 is 2.75 bits per heavy atom. The van der Waals surface area contributed by atoms with Gasteiger partial charge in [0.25, 0.3) is 0 Å². The molecule has 0 aliphatic rings. The second-order valence-corrected chi connectivity index (χ2v) is 4.25. The number of imidazole rings is 1. The highest BCUT2D eigenvalue weighted by Gasteiger charge is 2.08. The molecule has 20 heavy (non-hydrogen) atoms. The summed E-state index contributed by atoms with van der Waals surface area (Å²) in [6.45, 7) is 0. The number of carbonyl (C=O) groups is 1. The summed E-state index contributed by atoms with van der Waals surface area (Å²) in [5.41, 5.74) is 2.55. The fraction of sp³-hybridized carbons (Fsp3) is 0. The first-order chi connectivity index (χ1) is 9.74. The topological polar surface area (TPSA) is 78.9 Å². The molecule has 98 valence electrons. The molecular weight excluding hydrogens is 254 g/mol. The van der Waals surface area contributed by atoms with Gasteiger partial charge in [-0.25, -0.2) is 9.78 Å². The zero-order chi connectivity index (χ0) is 13.9. The first-order valence-electron chi connectivity index (χ1n) is 6.04. The minimum atomic E-state index is -0.955. The van der Waals surface area contributed by atoms with E-state index in [4.69, 9.17) is 5.11 Å². The van der Waals surface area contributed by atoms with Crippen molar-refractivity contribution in [3.05, 3.63) is 60.4 Å². The van der Waals surface area contributed by atoms with Gasteiger partial charge in [-0.3, -0.25) is 4.98 Å². The van der Waals surface area contributed by atoms with E-state index in [1.165, 1.54) is 0 Å². The predicted molar refractivity (Wildman–Crippen MR) is 74.2 cm³/mol. The number of rotatable bonds is 3. The second-order valence-electron chi connectivity index (χ2n) is 4.25. The number of benzene rings is 1. The summed E-state index contributed by atoms with van der Waals surface area (Å²) in [4.78, 5) is 22.6. The van der Waals surface area contributed by atoms with Crippen LogP contribution in [0.5, 0.6) is 0 Å². The van der Waals surface area contributed by atoms with E-state index in [2.05, 4.69) is 15.0 Å². The lowest BCUT2D eigenvalue weighted by atomic mass is 10.1. The highest BCUT2D eigenvalue weighted by Crippen LogP contribution is 2.21. The second kappa shape index (κ2) is 4.97. The molecule has 0 radical (unpaired) electrons. The number of aromatic amines is 1. The van der Waals surface area contributed by atoms with E-state index in [0.29, 0.717) is 5.82 Å². The summed E-state index contributed by atoms with van der Waals surface area (Å²) >= 11 is 0. The Hall–Kier alpha value is -2.95. The van der Waals surface area contributed by atoms with Gasteiger partial charge in [0.15, 0.2) is 0 Å². The summed E-state index contributed by atoms with van der Waals surface area (Å²) in [6, 6.07) is 12.3. The normalized spacial score (nSPS) is 10.4. The lowest BCUT2D eigenvalue weighted by Gasteiger charge is -1.99. The van der Waals surface area contributed by atoms with Crippen LogP contribution < -0.4 is 0 Å². The first kappa shape index (κ1) is 12.1. The van der Waals surface area contributed by atoms with Gasteiger partial charge in [0, 0.05) is 11.8 Å². The predicted octanol–water partition coefficient (Wildman–Crippen LogP) is 2.84. The fourth-order valence-corrected chi connectivity index (χ4v) is 1.92. The summed E-state index contributed by atoms with van der Waals surface area (Å²) in [7, 11) is 0. The van der Waals surface area contributed by atoms with Crippen molar-refractivity contribution in [1.82, 2.24) is 15.0 Å². The van der Waals surface area contributed by atoms with Crippen molar-refractivity contribution >= 4 is 5.97 Å². The zero-order valence-electron chi connectivity index (χ0n) is 10.4. The van der Waals surface area contributed by atoms with Gasteiger partial charge in [-0.15, -0.1) is 0 Å². The number of nitrogens with zero attached hydrogens (tertiary/aromatic N) is 2. The third-order valence-electron chi connectivity index (χ3n) is 2.90. The Labute approximate surface area is 115 Å². The molecule has 3 aromatic rings. The molecule has 0 bridgehead atoms. The van der Waals surface area contributed by atoms with Crippen molar-refractivity contribution in [2.75, 3.05) is 0 Å². The SMILES string of the molecule is O=C(O)c1cccc(-c2ncc(-c3ccccn3)[nH]2)c1. The number of nitrogens with one attached hydrogen (secondary N) is 1. The quantitative estimate of drug-likeness (QED) is 0.763. The van der Waals surface area contributed by atoms with E-state index in [9.17, 15) is 4.79 Å². The van der Waals surface area contributed by atoms with Gasteiger partial charge >= 0.3 is 5.97 Å². The highest BCUT2D eigenvalue weighted by molar-refractivity contribution is 5.89. The van der Waals surface area contributed by atoms with Crippen LogP contribution in [0.2, 0.25) is 0 Å². The number of pyridine rings is 1. The maximum atomic E-state index is 11.0.